The first-order chi connectivity index (χ1) is 9.61. The molecule has 2 aromatic carbocycles. The molecule has 0 fully saturated rings. The number of carboxylic acid groups (broad SMARTS) is 1. The fraction of sp³-hybridized carbons (Fsp3) is 0.133. The second-order valence-electron chi connectivity index (χ2n) is 4.06. The Labute approximate surface area is 121 Å². The number of hydrogen-bond acceptors (Lipinski definition) is 3. The summed E-state index contributed by atoms with van der Waals surface area (Å²) in [5, 5.41) is 9.12. The van der Waals surface area contributed by atoms with Crippen LogP contribution in [0.1, 0.15) is 15.9 Å². The molecule has 0 aliphatic carbocycles. The van der Waals surface area contributed by atoms with Crippen LogP contribution in [0.5, 0.6) is 11.5 Å². The average molecular weight is 293 g/mol. The van der Waals surface area contributed by atoms with Gasteiger partial charge in [-0.15, -0.1) is 0 Å². The molecule has 5 heteroatoms. The molecule has 0 amide bonds. The van der Waals surface area contributed by atoms with Gasteiger partial charge in [0.05, 0.1) is 17.7 Å². The Bertz CT molecular complexity index is 611. The molecule has 0 heterocycles. The van der Waals surface area contributed by atoms with Crippen molar-refractivity contribution in [2.45, 2.75) is 6.61 Å². The van der Waals surface area contributed by atoms with Crippen LogP contribution < -0.4 is 9.47 Å². The van der Waals surface area contributed by atoms with E-state index in [4.69, 9.17) is 26.2 Å². The molecular weight excluding hydrogens is 280 g/mol. The van der Waals surface area contributed by atoms with Gasteiger partial charge in [0.15, 0.2) is 11.5 Å². The molecule has 0 saturated carbocycles. The molecule has 0 unspecified atom stereocenters. The van der Waals surface area contributed by atoms with Gasteiger partial charge in [-0.3, -0.25) is 0 Å². The van der Waals surface area contributed by atoms with E-state index in [1.54, 1.807) is 0 Å². The molecule has 0 aromatic heterocycles. The highest BCUT2D eigenvalue weighted by Gasteiger charge is 2.15. The summed E-state index contributed by atoms with van der Waals surface area (Å²) in [6.45, 7) is 0.347. The van der Waals surface area contributed by atoms with E-state index in [0.29, 0.717) is 18.1 Å². The van der Waals surface area contributed by atoms with E-state index in [2.05, 4.69) is 0 Å². The van der Waals surface area contributed by atoms with Crippen LogP contribution in [0.3, 0.4) is 0 Å². The quantitative estimate of drug-likeness (QED) is 0.914. The average Bonchev–Trinajstić information content (AvgIpc) is 2.46. The van der Waals surface area contributed by atoms with E-state index in [0.717, 1.165) is 5.56 Å². The van der Waals surface area contributed by atoms with Crippen LogP contribution in [0, 0.1) is 0 Å². The predicted molar refractivity (Wildman–Crippen MR) is 75.7 cm³/mol. The highest BCUT2D eigenvalue weighted by atomic mass is 35.5. The summed E-state index contributed by atoms with van der Waals surface area (Å²) in [7, 11) is 1.45. The number of carbonyl (C=O) groups is 1. The van der Waals surface area contributed by atoms with Gasteiger partial charge in [0.25, 0.3) is 0 Å². The van der Waals surface area contributed by atoms with Gasteiger partial charge in [0.2, 0.25) is 0 Å². The third-order valence-electron chi connectivity index (χ3n) is 2.72. The molecule has 0 spiro atoms. The van der Waals surface area contributed by atoms with E-state index in [1.165, 1.54) is 19.2 Å². The Morgan fingerprint density at radius 2 is 1.90 bits per heavy atom. The summed E-state index contributed by atoms with van der Waals surface area (Å²) in [5.74, 6) is -0.364. The fourth-order valence-corrected chi connectivity index (χ4v) is 1.94. The molecule has 0 aliphatic heterocycles. The third-order valence-corrected chi connectivity index (χ3v) is 3.03. The van der Waals surface area contributed by atoms with E-state index in [-0.39, 0.29) is 10.6 Å². The predicted octanol–water partition coefficient (Wildman–Crippen LogP) is 3.63. The zero-order chi connectivity index (χ0) is 14.5. The lowest BCUT2D eigenvalue weighted by atomic mass is 10.2. The molecule has 0 radical (unpaired) electrons. The van der Waals surface area contributed by atoms with Crippen molar-refractivity contribution in [1.29, 1.82) is 0 Å². The molecule has 2 rings (SSSR count). The van der Waals surface area contributed by atoms with Crippen molar-refractivity contribution in [3.63, 3.8) is 0 Å². The van der Waals surface area contributed by atoms with Crippen LogP contribution in [-0.4, -0.2) is 18.2 Å². The largest absolute Gasteiger partial charge is 0.493 e. The molecule has 0 atom stereocenters. The normalized spacial score (nSPS) is 10.1. The molecule has 2 aromatic rings. The molecule has 104 valence electrons. The lowest BCUT2D eigenvalue weighted by Crippen LogP contribution is -2.02. The smallest absolute Gasteiger partial charge is 0.337 e. The Balaban J connectivity index is 2.23. The summed E-state index contributed by atoms with van der Waals surface area (Å²) >= 11 is 5.92. The van der Waals surface area contributed by atoms with Crippen molar-refractivity contribution in [3.05, 3.63) is 58.6 Å². The lowest BCUT2D eigenvalue weighted by molar-refractivity contribution is 0.0696. The maximum absolute atomic E-state index is 11.0. The standard InChI is InChI=1S/C15H13ClO4/c1-19-13-7-11(15(17)18)12(16)8-14(13)20-9-10-5-3-2-4-6-10/h2-8H,9H2,1H3,(H,17,18). The minimum absolute atomic E-state index is 0.0180. The van der Waals surface area contributed by atoms with Gasteiger partial charge in [-0.2, -0.15) is 0 Å². The molecule has 4 nitrogen and oxygen atoms in total. The van der Waals surface area contributed by atoms with Gasteiger partial charge in [-0.25, -0.2) is 4.79 Å². The number of benzene rings is 2. The summed E-state index contributed by atoms with van der Waals surface area (Å²) < 4.78 is 10.8. The van der Waals surface area contributed by atoms with E-state index in [1.807, 2.05) is 30.3 Å². The molecule has 0 bridgehead atoms. The number of aromatic carboxylic acids is 1. The van der Waals surface area contributed by atoms with Crippen LogP contribution in [0.25, 0.3) is 0 Å². The monoisotopic (exact) mass is 292 g/mol. The van der Waals surface area contributed by atoms with Gasteiger partial charge in [0, 0.05) is 6.07 Å². The van der Waals surface area contributed by atoms with Crippen molar-refractivity contribution in [2.75, 3.05) is 7.11 Å². The minimum atomic E-state index is -1.11. The molecule has 20 heavy (non-hydrogen) atoms. The maximum atomic E-state index is 11.0. The Morgan fingerprint density at radius 3 is 2.50 bits per heavy atom. The fourth-order valence-electron chi connectivity index (χ4n) is 1.71. The zero-order valence-electron chi connectivity index (χ0n) is 10.8. The van der Waals surface area contributed by atoms with Gasteiger partial charge in [-0.1, -0.05) is 41.9 Å². The number of ether oxygens (including phenoxy) is 2. The summed E-state index contributed by atoms with van der Waals surface area (Å²) in [6.07, 6.45) is 0. The van der Waals surface area contributed by atoms with E-state index < -0.39 is 5.97 Å². The second kappa shape index (κ2) is 6.30. The number of carboxylic acids is 1. The molecule has 0 saturated heterocycles. The van der Waals surface area contributed by atoms with Crippen molar-refractivity contribution in [1.82, 2.24) is 0 Å². The Morgan fingerprint density at radius 1 is 1.20 bits per heavy atom. The van der Waals surface area contributed by atoms with Crippen LogP contribution in [-0.2, 0) is 6.61 Å². The van der Waals surface area contributed by atoms with Crippen LogP contribution in [0.4, 0.5) is 0 Å². The number of hydrogen-bond donors (Lipinski definition) is 1. The second-order valence-corrected chi connectivity index (χ2v) is 4.47. The highest BCUT2D eigenvalue weighted by Crippen LogP contribution is 2.33. The van der Waals surface area contributed by atoms with Crippen molar-refractivity contribution in [2.24, 2.45) is 0 Å². The first-order valence-electron chi connectivity index (χ1n) is 5.89. The first kappa shape index (κ1) is 14.2. The van der Waals surface area contributed by atoms with Crippen LogP contribution in [0.15, 0.2) is 42.5 Å². The summed E-state index contributed by atoms with van der Waals surface area (Å²) in [4.78, 5) is 11.0. The van der Waals surface area contributed by atoms with Crippen molar-refractivity contribution in [3.8, 4) is 11.5 Å². The number of rotatable bonds is 5. The lowest BCUT2D eigenvalue weighted by Gasteiger charge is -2.12. The zero-order valence-corrected chi connectivity index (χ0v) is 11.6. The van der Waals surface area contributed by atoms with Gasteiger partial charge in [-0.05, 0) is 11.6 Å². The molecule has 1 N–H and O–H groups in total. The number of methoxy groups -OCH3 is 1. The Kier molecular flexibility index (Phi) is 4.48. The Hall–Kier alpha value is -2.20. The van der Waals surface area contributed by atoms with Crippen molar-refractivity contribution >= 4 is 17.6 Å². The highest BCUT2D eigenvalue weighted by molar-refractivity contribution is 6.33. The molecule has 0 aliphatic rings. The molecular formula is C15H13ClO4. The van der Waals surface area contributed by atoms with Gasteiger partial charge in [0.1, 0.15) is 6.61 Å². The van der Waals surface area contributed by atoms with Gasteiger partial charge >= 0.3 is 5.97 Å². The third kappa shape index (κ3) is 3.22. The topological polar surface area (TPSA) is 55.8 Å². The van der Waals surface area contributed by atoms with Crippen molar-refractivity contribution < 1.29 is 19.4 Å². The van der Waals surface area contributed by atoms with E-state index >= 15 is 0 Å². The minimum Gasteiger partial charge on any atom is -0.493 e. The summed E-state index contributed by atoms with van der Waals surface area (Å²) in [6, 6.07) is 12.4. The van der Waals surface area contributed by atoms with Gasteiger partial charge < -0.3 is 14.6 Å². The number of halogens is 1. The van der Waals surface area contributed by atoms with E-state index in [9.17, 15) is 4.79 Å². The maximum Gasteiger partial charge on any atom is 0.337 e. The van der Waals surface area contributed by atoms with Crippen LogP contribution in [0.2, 0.25) is 5.02 Å². The summed E-state index contributed by atoms with van der Waals surface area (Å²) in [5.41, 5.74) is 0.976. The first-order valence-corrected chi connectivity index (χ1v) is 6.27. The SMILES string of the molecule is COc1cc(C(=O)O)c(Cl)cc1OCc1ccccc1. The van der Waals surface area contributed by atoms with Crippen LogP contribution >= 0.6 is 11.6 Å².